The van der Waals surface area contributed by atoms with Gasteiger partial charge in [-0.3, -0.25) is 4.90 Å². The number of allylic oxidation sites excluding steroid dienone is 1. The maximum absolute atomic E-state index is 14.1. The van der Waals surface area contributed by atoms with Crippen LogP contribution in [0.4, 0.5) is 9.18 Å². The van der Waals surface area contributed by atoms with Gasteiger partial charge in [-0.05, 0) is 49.2 Å². The number of amides is 2. The van der Waals surface area contributed by atoms with E-state index in [0.29, 0.717) is 39.8 Å². The van der Waals surface area contributed by atoms with Crippen molar-refractivity contribution < 1.29 is 13.7 Å². The van der Waals surface area contributed by atoms with Gasteiger partial charge in [0.25, 0.3) is 5.89 Å². The molecule has 0 bridgehead atoms. The molecule has 1 aliphatic rings. The molecule has 0 aliphatic carbocycles. The summed E-state index contributed by atoms with van der Waals surface area (Å²) >= 11 is 6.13. The fourth-order valence-electron chi connectivity index (χ4n) is 4.14. The third kappa shape index (κ3) is 4.68. The highest BCUT2D eigenvalue weighted by Gasteiger charge is 2.36. The van der Waals surface area contributed by atoms with Crippen molar-refractivity contribution in [2.45, 2.75) is 26.4 Å². The SMILES string of the molecule is CC1=C(c2nc(-c3cccc(Cl)c3)no2)C(c2cccc(F)c2)NC(=O)N1Cc1ccc(C)cc1. The quantitative estimate of drug-likeness (QED) is 0.346. The zero-order chi connectivity index (χ0) is 24.5. The monoisotopic (exact) mass is 488 g/mol. The van der Waals surface area contributed by atoms with Gasteiger partial charge in [-0.15, -0.1) is 0 Å². The normalized spacial score (nSPS) is 15.9. The Bertz CT molecular complexity index is 1430. The minimum Gasteiger partial charge on any atom is -0.334 e. The molecule has 1 unspecified atom stereocenters. The van der Waals surface area contributed by atoms with Crippen LogP contribution in [0.25, 0.3) is 17.0 Å². The number of rotatable bonds is 5. The van der Waals surface area contributed by atoms with E-state index in [-0.39, 0.29) is 11.9 Å². The van der Waals surface area contributed by atoms with Crippen LogP contribution < -0.4 is 5.32 Å². The van der Waals surface area contributed by atoms with Gasteiger partial charge >= 0.3 is 6.03 Å². The van der Waals surface area contributed by atoms with E-state index in [1.807, 2.05) is 44.2 Å². The summed E-state index contributed by atoms with van der Waals surface area (Å²) in [7, 11) is 0. The second kappa shape index (κ2) is 9.35. The van der Waals surface area contributed by atoms with E-state index in [4.69, 9.17) is 16.1 Å². The van der Waals surface area contributed by atoms with E-state index < -0.39 is 11.9 Å². The Labute approximate surface area is 207 Å². The fraction of sp³-hybridized carbons (Fsp3) is 0.148. The van der Waals surface area contributed by atoms with Gasteiger partial charge in [-0.2, -0.15) is 4.98 Å². The van der Waals surface area contributed by atoms with Crippen LogP contribution in [0.1, 0.15) is 35.5 Å². The number of nitrogens with one attached hydrogen (secondary N) is 1. The van der Waals surface area contributed by atoms with Crippen LogP contribution in [0.15, 0.2) is 83.0 Å². The van der Waals surface area contributed by atoms with Gasteiger partial charge in [0, 0.05) is 16.3 Å². The molecule has 1 aliphatic heterocycles. The molecule has 35 heavy (non-hydrogen) atoms. The largest absolute Gasteiger partial charge is 0.334 e. The molecule has 0 saturated carbocycles. The Morgan fingerprint density at radius 3 is 2.57 bits per heavy atom. The molecule has 3 aromatic carbocycles. The maximum Gasteiger partial charge on any atom is 0.322 e. The van der Waals surface area contributed by atoms with Gasteiger partial charge in [-0.25, -0.2) is 9.18 Å². The number of hydrogen-bond acceptors (Lipinski definition) is 4. The summed E-state index contributed by atoms with van der Waals surface area (Å²) in [6, 6.07) is 20.3. The number of urea groups is 1. The molecule has 5 rings (SSSR count). The van der Waals surface area contributed by atoms with Gasteiger partial charge in [-0.1, -0.05) is 70.9 Å². The minimum absolute atomic E-state index is 0.237. The molecule has 0 fully saturated rings. The molecule has 4 aromatic rings. The van der Waals surface area contributed by atoms with Crippen LogP contribution in [-0.2, 0) is 6.54 Å². The molecular weight excluding hydrogens is 467 g/mol. The molecule has 0 radical (unpaired) electrons. The average molecular weight is 489 g/mol. The standard InChI is InChI=1S/C27H22ClFN4O2/c1-16-9-11-18(12-10-16)15-33-17(2)23(24(30-27(33)34)19-5-4-8-22(29)14-19)26-31-25(32-35-26)20-6-3-7-21(28)13-20/h3-14,24H,15H2,1-2H3,(H,30,34). The summed E-state index contributed by atoms with van der Waals surface area (Å²) in [6.45, 7) is 4.20. The van der Waals surface area contributed by atoms with Crippen LogP contribution >= 0.6 is 11.6 Å². The molecule has 1 N–H and O–H groups in total. The first kappa shape index (κ1) is 22.8. The summed E-state index contributed by atoms with van der Waals surface area (Å²) in [6.07, 6.45) is 0. The Hall–Kier alpha value is -3.97. The lowest BCUT2D eigenvalue weighted by molar-refractivity contribution is 0.203. The zero-order valence-electron chi connectivity index (χ0n) is 19.1. The Balaban J connectivity index is 1.60. The Kier molecular flexibility index (Phi) is 6.09. The van der Waals surface area contributed by atoms with Gasteiger partial charge < -0.3 is 9.84 Å². The second-order valence-corrected chi connectivity index (χ2v) is 8.88. The number of aromatic nitrogens is 2. The van der Waals surface area contributed by atoms with E-state index in [0.717, 1.165) is 11.1 Å². The molecular formula is C27H22ClFN4O2. The van der Waals surface area contributed by atoms with E-state index >= 15 is 0 Å². The highest BCUT2D eigenvalue weighted by Crippen LogP contribution is 2.38. The van der Waals surface area contributed by atoms with E-state index in [1.165, 1.54) is 12.1 Å². The summed E-state index contributed by atoms with van der Waals surface area (Å²) in [5, 5.41) is 7.68. The van der Waals surface area contributed by atoms with Crippen molar-refractivity contribution in [2.24, 2.45) is 0 Å². The van der Waals surface area contributed by atoms with Crippen molar-refractivity contribution in [1.82, 2.24) is 20.4 Å². The predicted octanol–water partition coefficient (Wildman–Crippen LogP) is 6.54. The van der Waals surface area contributed by atoms with Crippen molar-refractivity contribution in [3.8, 4) is 11.4 Å². The van der Waals surface area contributed by atoms with Gasteiger partial charge in [0.15, 0.2) is 0 Å². The van der Waals surface area contributed by atoms with Crippen LogP contribution in [0.5, 0.6) is 0 Å². The van der Waals surface area contributed by atoms with Crippen LogP contribution in [-0.4, -0.2) is 21.1 Å². The first-order valence-corrected chi connectivity index (χ1v) is 11.5. The summed E-state index contributed by atoms with van der Waals surface area (Å²) in [5.74, 6) is 0.199. The van der Waals surface area contributed by atoms with Crippen LogP contribution in [0.2, 0.25) is 5.02 Å². The molecule has 0 spiro atoms. The Morgan fingerprint density at radius 2 is 1.83 bits per heavy atom. The fourth-order valence-corrected chi connectivity index (χ4v) is 4.33. The topological polar surface area (TPSA) is 71.3 Å². The van der Waals surface area contributed by atoms with Gasteiger partial charge in [0.1, 0.15) is 5.82 Å². The molecule has 6 nitrogen and oxygen atoms in total. The lowest BCUT2D eigenvalue weighted by Crippen LogP contribution is -2.45. The summed E-state index contributed by atoms with van der Waals surface area (Å²) in [4.78, 5) is 19.4. The number of carbonyl (C=O) groups is 1. The predicted molar refractivity (Wildman–Crippen MR) is 132 cm³/mol. The lowest BCUT2D eigenvalue weighted by Gasteiger charge is -2.35. The van der Waals surface area contributed by atoms with Crippen molar-refractivity contribution in [3.63, 3.8) is 0 Å². The number of benzene rings is 3. The third-order valence-corrected chi connectivity index (χ3v) is 6.21. The van der Waals surface area contributed by atoms with Crippen LogP contribution in [0.3, 0.4) is 0 Å². The molecule has 1 aromatic heterocycles. The molecule has 2 heterocycles. The average Bonchev–Trinajstić information content (AvgIpc) is 3.32. The number of carbonyl (C=O) groups excluding carboxylic acids is 1. The highest BCUT2D eigenvalue weighted by atomic mass is 35.5. The van der Waals surface area contributed by atoms with Crippen molar-refractivity contribution in [3.05, 3.63) is 112 Å². The van der Waals surface area contributed by atoms with Crippen molar-refractivity contribution >= 4 is 23.2 Å². The zero-order valence-corrected chi connectivity index (χ0v) is 19.9. The summed E-state index contributed by atoms with van der Waals surface area (Å²) < 4.78 is 19.8. The molecule has 8 heteroatoms. The Morgan fingerprint density at radius 1 is 1.06 bits per heavy atom. The van der Waals surface area contributed by atoms with Gasteiger partial charge in [0.2, 0.25) is 5.82 Å². The van der Waals surface area contributed by atoms with Crippen molar-refractivity contribution in [1.29, 1.82) is 0 Å². The lowest BCUT2D eigenvalue weighted by atomic mass is 9.94. The van der Waals surface area contributed by atoms with E-state index in [1.54, 1.807) is 35.2 Å². The van der Waals surface area contributed by atoms with E-state index in [2.05, 4.69) is 15.5 Å². The van der Waals surface area contributed by atoms with Gasteiger partial charge in [0.05, 0.1) is 18.2 Å². The smallest absolute Gasteiger partial charge is 0.322 e. The number of halogens is 2. The second-order valence-electron chi connectivity index (χ2n) is 8.44. The number of hydrogen-bond donors (Lipinski definition) is 1. The summed E-state index contributed by atoms with van der Waals surface area (Å²) in [5.41, 5.74) is 4.62. The maximum atomic E-state index is 14.1. The third-order valence-electron chi connectivity index (χ3n) is 5.98. The van der Waals surface area contributed by atoms with Crippen molar-refractivity contribution in [2.75, 3.05) is 0 Å². The molecule has 176 valence electrons. The molecule has 0 saturated heterocycles. The van der Waals surface area contributed by atoms with Crippen LogP contribution in [0, 0.1) is 12.7 Å². The highest BCUT2D eigenvalue weighted by molar-refractivity contribution is 6.30. The number of aryl methyl sites for hydroxylation is 1. The first-order valence-electron chi connectivity index (χ1n) is 11.1. The first-order chi connectivity index (χ1) is 16.9. The molecule has 1 atom stereocenters. The minimum atomic E-state index is -0.667. The number of nitrogens with zero attached hydrogens (tertiary/aromatic N) is 3. The molecule has 2 amide bonds. The van der Waals surface area contributed by atoms with E-state index in [9.17, 15) is 9.18 Å².